The topological polar surface area (TPSA) is 115 Å². The minimum atomic E-state index is -0.417. The van der Waals surface area contributed by atoms with Crippen molar-refractivity contribution in [3.05, 3.63) is 70.9 Å². The number of nitrogens with zero attached hydrogens (tertiary/aromatic N) is 3. The summed E-state index contributed by atoms with van der Waals surface area (Å²) in [6, 6.07) is 15.5. The summed E-state index contributed by atoms with van der Waals surface area (Å²) in [7, 11) is 0. The predicted molar refractivity (Wildman–Crippen MR) is 111 cm³/mol. The Morgan fingerprint density at radius 3 is 2.59 bits per heavy atom. The standard InChI is InChI=1S/C21H24N6O2/c1-14-7-6-10-17(15(14)2)24-18(28)13-27-20(22)19(25-26-27)21(29)23-12-11-16-8-4-3-5-9-16/h3-10H,11-13,22H2,1-2H3,(H,23,29)(H,24,28). The number of benzene rings is 2. The lowest BCUT2D eigenvalue weighted by Gasteiger charge is -2.10. The molecule has 1 heterocycles. The fourth-order valence-corrected chi connectivity index (χ4v) is 2.86. The lowest BCUT2D eigenvalue weighted by molar-refractivity contribution is -0.116. The monoisotopic (exact) mass is 392 g/mol. The van der Waals surface area contributed by atoms with Gasteiger partial charge < -0.3 is 16.4 Å². The molecule has 0 bridgehead atoms. The molecule has 29 heavy (non-hydrogen) atoms. The molecule has 150 valence electrons. The second-order valence-corrected chi connectivity index (χ2v) is 6.77. The molecule has 0 radical (unpaired) electrons. The van der Waals surface area contributed by atoms with Gasteiger partial charge in [-0.2, -0.15) is 0 Å². The van der Waals surface area contributed by atoms with E-state index >= 15 is 0 Å². The van der Waals surface area contributed by atoms with Gasteiger partial charge in [0.15, 0.2) is 11.5 Å². The van der Waals surface area contributed by atoms with Gasteiger partial charge in [0.25, 0.3) is 5.91 Å². The number of rotatable bonds is 7. The molecule has 0 atom stereocenters. The van der Waals surface area contributed by atoms with Crippen molar-refractivity contribution in [3.63, 3.8) is 0 Å². The van der Waals surface area contributed by atoms with Gasteiger partial charge in [0.1, 0.15) is 6.54 Å². The molecule has 0 aliphatic heterocycles. The number of hydrogen-bond acceptors (Lipinski definition) is 5. The molecule has 8 nitrogen and oxygen atoms in total. The number of carbonyl (C=O) groups is 2. The first-order chi connectivity index (χ1) is 14.0. The highest BCUT2D eigenvalue weighted by Crippen LogP contribution is 2.18. The van der Waals surface area contributed by atoms with Crippen LogP contribution in [0.5, 0.6) is 0 Å². The molecular formula is C21H24N6O2. The Bertz CT molecular complexity index is 1010. The number of carbonyl (C=O) groups excluding carboxylic acids is 2. The zero-order valence-corrected chi connectivity index (χ0v) is 16.5. The molecule has 0 saturated heterocycles. The number of nitrogen functional groups attached to an aromatic ring is 1. The van der Waals surface area contributed by atoms with Crippen LogP contribution in [-0.2, 0) is 17.8 Å². The van der Waals surface area contributed by atoms with E-state index in [0.29, 0.717) is 13.0 Å². The van der Waals surface area contributed by atoms with Crippen LogP contribution in [0.25, 0.3) is 0 Å². The van der Waals surface area contributed by atoms with E-state index in [-0.39, 0.29) is 24.0 Å². The molecule has 4 N–H and O–H groups in total. The lowest BCUT2D eigenvalue weighted by atomic mass is 10.1. The molecule has 0 spiro atoms. The van der Waals surface area contributed by atoms with Crippen LogP contribution in [0.2, 0.25) is 0 Å². The highest BCUT2D eigenvalue weighted by molar-refractivity contribution is 5.97. The van der Waals surface area contributed by atoms with Gasteiger partial charge in [0.05, 0.1) is 0 Å². The van der Waals surface area contributed by atoms with Gasteiger partial charge in [-0.15, -0.1) is 5.10 Å². The van der Waals surface area contributed by atoms with Crippen molar-refractivity contribution in [1.82, 2.24) is 20.3 Å². The minimum absolute atomic E-state index is 0.0117. The van der Waals surface area contributed by atoms with E-state index in [2.05, 4.69) is 20.9 Å². The Morgan fingerprint density at radius 2 is 1.83 bits per heavy atom. The summed E-state index contributed by atoms with van der Waals surface area (Å²) in [5.41, 5.74) is 9.91. The minimum Gasteiger partial charge on any atom is -0.382 e. The van der Waals surface area contributed by atoms with Crippen LogP contribution in [0.4, 0.5) is 11.5 Å². The average molecular weight is 392 g/mol. The molecule has 2 aromatic carbocycles. The number of amides is 2. The molecule has 3 aromatic rings. The van der Waals surface area contributed by atoms with Gasteiger partial charge in [-0.3, -0.25) is 9.59 Å². The summed E-state index contributed by atoms with van der Waals surface area (Å²) in [5, 5.41) is 13.3. The largest absolute Gasteiger partial charge is 0.382 e. The van der Waals surface area contributed by atoms with E-state index in [0.717, 1.165) is 22.4 Å². The summed E-state index contributed by atoms with van der Waals surface area (Å²) in [4.78, 5) is 24.7. The van der Waals surface area contributed by atoms with Crippen molar-refractivity contribution in [2.75, 3.05) is 17.6 Å². The number of anilines is 2. The normalized spacial score (nSPS) is 10.6. The number of aromatic nitrogens is 3. The number of nitrogens with one attached hydrogen (secondary N) is 2. The number of nitrogens with two attached hydrogens (primary N) is 1. The van der Waals surface area contributed by atoms with E-state index in [4.69, 9.17) is 5.73 Å². The Labute approximate surface area is 169 Å². The zero-order chi connectivity index (χ0) is 20.8. The average Bonchev–Trinajstić information content (AvgIpc) is 3.06. The summed E-state index contributed by atoms with van der Waals surface area (Å²) >= 11 is 0. The highest BCUT2D eigenvalue weighted by atomic mass is 16.2. The fourth-order valence-electron chi connectivity index (χ4n) is 2.86. The quantitative estimate of drug-likeness (QED) is 0.569. The Hall–Kier alpha value is -3.68. The van der Waals surface area contributed by atoms with Gasteiger partial charge in [-0.05, 0) is 43.0 Å². The van der Waals surface area contributed by atoms with Crippen molar-refractivity contribution in [1.29, 1.82) is 0 Å². The van der Waals surface area contributed by atoms with Crippen molar-refractivity contribution in [3.8, 4) is 0 Å². The second-order valence-electron chi connectivity index (χ2n) is 6.77. The smallest absolute Gasteiger partial charge is 0.275 e. The van der Waals surface area contributed by atoms with Gasteiger partial charge in [-0.1, -0.05) is 47.7 Å². The summed E-state index contributed by atoms with van der Waals surface area (Å²) in [6.07, 6.45) is 0.693. The predicted octanol–water partition coefficient (Wildman–Crippen LogP) is 2.09. The molecular weight excluding hydrogens is 368 g/mol. The maximum Gasteiger partial charge on any atom is 0.275 e. The van der Waals surface area contributed by atoms with Crippen molar-refractivity contribution in [2.45, 2.75) is 26.8 Å². The second kappa shape index (κ2) is 9.01. The third-order valence-corrected chi connectivity index (χ3v) is 4.70. The summed E-state index contributed by atoms with van der Waals surface area (Å²) < 4.78 is 1.21. The molecule has 8 heteroatoms. The zero-order valence-electron chi connectivity index (χ0n) is 16.5. The maximum atomic E-state index is 12.3. The van der Waals surface area contributed by atoms with Crippen LogP contribution in [0.15, 0.2) is 48.5 Å². The van der Waals surface area contributed by atoms with E-state index < -0.39 is 5.91 Å². The number of hydrogen-bond donors (Lipinski definition) is 3. The van der Waals surface area contributed by atoms with E-state index in [1.165, 1.54) is 4.68 Å². The SMILES string of the molecule is Cc1cccc(NC(=O)Cn2nnc(C(=O)NCCc3ccccc3)c2N)c1C. The van der Waals surface area contributed by atoms with Crippen LogP contribution >= 0.6 is 0 Å². The van der Waals surface area contributed by atoms with Crippen LogP contribution in [0.3, 0.4) is 0 Å². The third-order valence-electron chi connectivity index (χ3n) is 4.70. The van der Waals surface area contributed by atoms with E-state index in [1.54, 1.807) is 0 Å². The first-order valence-corrected chi connectivity index (χ1v) is 9.33. The Balaban J connectivity index is 1.57. The molecule has 3 rings (SSSR count). The van der Waals surface area contributed by atoms with E-state index in [1.807, 2.05) is 62.4 Å². The first-order valence-electron chi connectivity index (χ1n) is 9.33. The van der Waals surface area contributed by atoms with E-state index in [9.17, 15) is 9.59 Å². The van der Waals surface area contributed by atoms with Gasteiger partial charge in [0.2, 0.25) is 5.91 Å². The van der Waals surface area contributed by atoms with Crippen molar-refractivity contribution in [2.24, 2.45) is 0 Å². The van der Waals surface area contributed by atoms with Crippen molar-refractivity contribution >= 4 is 23.3 Å². The lowest BCUT2D eigenvalue weighted by Crippen LogP contribution is -2.27. The molecule has 2 amide bonds. The molecule has 1 aromatic heterocycles. The Morgan fingerprint density at radius 1 is 1.07 bits per heavy atom. The molecule has 0 aliphatic carbocycles. The fraction of sp³-hybridized carbons (Fsp3) is 0.238. The highest BCUT2D eigenvalue weighted by Gasteiger charge is 2.19. The van der Waals surface area contributed by atoms with Gasteiger partial charge in [0, 0.05) is 12.2 Å². The van der Waals surface area contributed by atoms with Gasteiger partial charge >= 0.3 is 0 Å². The molecule has 0 saturated carbocycles. The summed E-state index contributed by atoms with van der Waals surface area (Å²) in [5.74, 6) is -0.663. The molecule has 0 unspecified atom stereocenters. The molecule has 0 aliphatic rings. The third kappa shape index (κ3) is 4.98. The first kappa shape index (κ1) is 20.1. The van der Waals surface area contributed by atoms with Crippen LogP contribution in [0.1, 0.15) is 27.2 Å². The van der Waals surface area contributed by atoms with Crippen LogP contribution in [0, 0.1) is 13.8 Å². The van der Waals surface area contributed by atoms with Gasteiger partial charge in [-0.25, -0.2) is 4.68 Å². The summed E-state index contributed by atoms with van der Waals surface area (Å²) in [6.45, 7) is 4.22. The Kier molecular flexibility index (Phi) is 6.23. The maximum absolute atomic E-state index is 12.3. The van der Waals surface area contributed by atoms with Crippen LogP contribution < -0.4 is 16.4 Å². The number of aryl methyl sites for hydroxylation is 1. The van der Waals surface area contributed by atoms with Crippen LogP contribution in [-0.4, -0.2) is 33.4 Å². The van der Waals surface area contributed by atoms with Crippen molar-refractivity contribution < 1.29 is 9.59 Å². The molecule has 0 fully saturated rings.